The van der Waals surface area contributed by atoms with Crippen LogP contribution in [-0.2, 0) is 21.2 Å². The van der Waals surface area contributed by atoms with E-state index in [2.05, 4.69) is 10.0 Å². The van der Waals surface area contributed by atoms with Crippen LogP contribution in [0.2, 0.25) is 0 Å². The second kappa shape index (κ2) is 8.13. The molecule has 0 aliphatic rings. The van der Waals surface area contributed by atoms with E-state index < -0.39 is 22.0 Å². The van der Waals surface area contributed by atoms with Crippen LogP contribution in [0, 0.1) is 0 Å². The second-order valence-electron chi connectivity index (χ2n) is 5.56. The van der Waals surface area contributed by atoms with Crippen molar-refractivity contribution in [1.29, 1.82) is 0 Å². The van der Waals surface area contributed by atoms with Crippen LogP contribution in [0.1, 0.15) is 19.4 Å². The summed E-state index contributed by atoms with van der Waals surface area (Å²) in [5, 5.41) is 2.70. The quantitative estimate of drug-likeness (QED) is 0.793. The van der Waals surface area contributed by atoms with Crippen molar-refractivity contribution in [1.82, 2.24) is 4.72 Å². The van der Waals surface area contributed by atoms with Gasteiger partial charge in [0.15, 0.2) is 0 Å². The lowest BCUT2D eigenvalue weighted by Gasteiger charge is -2.15. The van der Waals surface area contributed by atoms with Crippen molar-refractivity contribution in [3.05, 3.63) is 54.1 Å². The minimum Gasteiger partial charge on any atom is -0.497 e. The van der Waals surface area contributed by atoms with E-state index in [1.165, 1.54) is 26.2 Å². The molecule has 0 saturated carbocycles. The fraction of sp³-hybridized carbons (Fsp3) is 0.278. The molecule has 2 rings (SSSR count). The molecule has 0 heterocycles. The molecule has 0 spiro atoms. The topological polar surface area (TPSA) is 84.5 Å². The number of nitrogens with one attached hydrogen (secondary N) is 2. The number of sulfonamides is 1. The van der Waals surface area contributed by atoms with Crippen molar-refractivity contribution in [2.75, 3.05) is 12.4 Å². The highest BCUT2D eigenvalue weighted by atomic mass is 32.2. The first kappa shape index (κ1) is 19.0. The minimum absolute atomic E-state index is 0.0697. The van der Waals surface area contributed by atoms with Crippen LogP contribution in [0.25, 0.3) is 0 Å². The molecule has 0 aliphatic carbocycles. The summed E-state index contributed by atoms with van der Waals surface area (Å²) in [6, 6.07) is 12.5. The van der Waals surface area contributed by atoms with Gasteiger partial charge < -0.3 is 10.1 Å². The lowest BCUT2D eigenvalue weighted by molar-refractivity contribution is -0.117. The Morgan fingerprint density at radius 1 is 1.08 bits per heavy atom. The van der Waals surface area contributed by atoms with E-state index in [0.717, 1.165) is 12.0 Å². The van der Waals surface area contributed by atoms with E-state index in [9.17, 15) is 13.2 Å². The Morgan fingerprint density at radius 2 is 1.68 bits per heavy atom. The Kier molecular flexibility index (Phi) is 6.17. The summed E-state index contributed by atoms with van der Waals surface area (Å²) in [5.74, 6) is 0.126. The molecule has 2 aromatic rings. The molecule has 25 heavy (non-hydrogen) atoms. The number of anilines is 1. The van der Waals surface area contributed by atoms with E-state index in [1.807, 2.05) is 19.1 Å². The Balaban J connectivity index is 2.03. The van der Waals surface area contributed by atoms with Crippen LogP contribution in [0.15, 0.2) is 53.4 Å². The number of rotatable bonds is 7. The molecule has 7 heteroatoms. The van der Waals surface area contributed by atoms with Crippen LogP contribution in [-0.4, -0.2) is 27.5 Å². The molecule has 0 unspecified atom stereocenters. The maximum Gasteiger partial charge on any atom is 0.242 e. The van der Waals surface area contributed by atoms with Crippen molar-refractivity contribution < 1.29 is 17.9 Å². The molecule has 1 atom stereocenters. The lowest BCUT2D eigenvalue weighted by atomic mass is 10.1. The van der Waals surface area contributed by atoms with Crippen molar-refractivity contribution in [2.45, 2.75) is 31.2 Å². The number of amides is 1. The number of aryl methyl sites for hydroxylation is 1. The average molecular weight is 362 g/mol. The number of ether oxygens (including phenoxy) is 1. The Labute approximate surface area is 148 Å². The summed E-state index contributed by atoms with van der Waals surface area (Å²) in [7, 11) is -2.30. The SMILES string of the molecule is CCc1ccc(NC(=O)[C@@H](C)NS(=O)(=O)c2ccc(OC)cc2)cc1. The van der Waals surface area contributed by atoms with Gasteiger partial charge in [0.25, 0.3) is 0 Å². The molecule has 134 valence electrons. The first-order valence-corrected chi connectivity index (χ1v) is 9.40. The third-order valence-corrected chi connectivity index (χ3v) is 5.28. The second-order valence-corrected chi connectivity index (χ2v) is 7.27. The number of hydrogen-bond donors (Lipinski definition) is 2. The molecular formula is C18H22N2O4S. The highest BCUT2D eigenvalue weighted by Crippen LogP contribution is 2.16. The zero-order chi connectivity index (χ0) is 18.4. The molecule has 0 aromatic heterocycles. The predicted molar refractivity (Wildman–Crippen MR) is 97.2 cm³/mol. The number of carbonyl (C=O) groups is 1. The molecular weight excluding hydrogens is 340 g/mol. The summed E-state index contributed by atoms with van der Waals surface area (Å²) >= 11 is 0. The van der Waals surface area contributed by atoms with Gasteiger partial charge in [-0.15, -0.1) is 0 Å². The van der Waals surface area contributed by atoms with E-state index in [4.69, 9.17) is 4.74 Å². The molecule has 0 radical (unpaired) electrons. The Morgan fingerprint density at radius 3 is 2.20 bits per heavy atom. The highest BCUT2D eigenvalue weighted by Gasteiger charge is 2.22. The van der Waals surface area contributed by atoms with Crippen LogP contribution in [0.4, 0.5) is 5.69 Å². The molecule has 1 amide bonds. The summed E-state index contributed by atoms with van der Waals surface area (Å²) in [6.07, 6.45) is 0.909. The van der Waals surface area contributed by atoms with Gasteiger partial charge in [0.2, 0.25) is 15.9 Å². The van der Waals surface area contributed by atoms with Gasteiger partial charge in [-0.3, -0.25) is 4.79 Å². The van der Waals surface area contributed by atoms with E-state index in [0.29, 0.717) is 11.4 Å². The first-order chi connectivity index (χ1) is 11.9. The van der Waals surface area contributed by atoms with Crippen LogP contribution in [0.5, 0.6) is 5.75 Å². The normalized spacial score (nSPS) is 12.4. The third-order valence-electron chi connectivity index (χ3n) is 3.72. The fourth-order valence-electron chi connectivity index (χ4n) is 2.18. The van der Waals surface area contributed by atoms with Gasteiger partial charge in [0.1, 0.15) is 5.75 Å². The largest absolute Gasteiger partial charge is 0.497 e. The Bertz CT molecular complexity index is 815. The van der Waals surface area contributed by atoms with Gasteiger partial charge in [-0.2, -0.15) is 4.72 Å². The van der Waals surface area contributed by atoms with E-state index in [1.54, 1.807) is 24.3 Å². The monoisotopic (exact) mass is 362 g/mol. The van der Waals surface area contributed by atoms with Crippen molar-refractivity contribution in [3.8, 4) is 5.75 Å². The van der Waals surface area contributed by atoms with Crippen molar-refractivity contribution in [2.24, 2.45) is 0 Å². The Hall–Kier alpha value is -2.38. The molecule has 0 bridgehead atoms. The van der Waals surface area contributed by atoms with Crippen LogP contribution < -0.4 is 14.8 Å². The molecule has 0 saturated heterocycles. The summed E-state index contributed by atoms with van der Waals surface area (Å²) < 4.78 is 32.1. The molecule has 0 fully saturated rings. The maximum atomic E-state index is 12.4. The summed E-state index contributed by atoms with van der Waals surface area (Å²) in [6.45, 7) is 3.54. The van der Waals surface area contributed by atoms with Gasteiger partial charge in [-0.25, -0.2) is 8.42 Å². The number of carbonyl (C=O) groups excluding carboxylic acids is 1. The van der Waals surface area contributed by atoms with Crippen molar-refractivity contribution >= 4 is 21.6 Å². The number of hydrogen-bond acceptors (Lipinski definition) is 4. The van der Waals surface area contributed by atoms with Gasteiger partial charge in [0.05, 0.1) is 18.0 Å². The van der Waals surface area contributed by atoms with E-state index in [-0.39, 0.29) is 4.90 Å². The molecule has 2 N–H and O–H groups in total. The fourth-order valence-corrected chi connectivity index (χ4v) is 3.39. The standard InChI is InChI=1S/C18H22N2O4S/c1-4-14-5-7-15(8-6-14)19-18(21)13(2)20-25(22,23)17-11-9-16(24-3)10-12-17/h5-13,20H,4H2,1-3H3,(H,19,21)/t13-/m1/s1. The molecule has 0 aliphatic heterocycles. The zero-order valence-electron chi connectivity index (χ0n) is 14.4. The number of methoxy groups -OCH3 is 1. The zero-order valence-corrected chi connectivity index (χ0v) is 15.3. The predicted octanol–water partition coefficient (Wildman–Crippen LogP) is 2.56. The van der Waals surface area contributed by atoms with Crippen LogP contribution >= 0.6 is 0 Å². The number of benzene rings is 2. The van der Waals surface area contributed by atoms with Crippen molar-refractivity contribution in [3.63, 3.8) is 0 Å². The van der Waals surface area contributed by atoms with Gasteiger partial charge in [0, 0.05) is 5.69 Å². The minimum atomic E-state index is -3.80. The van der Waals surface area contributed by atoms with Gasteiger partial charge in [-0.1, -0.05) is 19.1 Å². The summed E-state index contributed by atoms with van der Waals surface area (Å²) in [4.78, 5) is 12.3. The highest BCUT2D eigenvalue weighted by molar-refractivity contribution is 7.89. The van der Waals surface area contributed by atoms with Crippen LogP contribution in [0.3, 0.4) is 0 Å². The third kappa shape index (κ3) is 5.04. The summed E-state index contributed by atoms with van der Waals surface area (Å²) in [5.41, 5.74) is 1.78. The molecule has 6 nitrogen and oxygen atoms in total. The van der Waals surface area contributed by atoms with Gasteiger partial charge >= 0.3 is 0 Å². The first-order valence-electron chi connectivity index (χ1n) is 7.92. The molecule has 2 aromatic carbocycles. The lowest BCUT2D eigenvalue weighted by Crippen LogP contribution is -2.41. The van der Waals surface area contributed by atoms with E-state index >= 15 is 0 Å². The maximum absolute atomic E-state index is 12.4. The smallest absolute Gasteiger partial charge is 0.242 e. The van der Waals surface area contributed by atoms with Gasteiger partial charge in [-0.05, 0) is 55.3 Å². The average Bonchev–Trinajstić information content (AvgIpc) is 2.62.